The third kappa shape index (κ3) is 6.71. The van der Waals surface area contributed by atoms with Crippen LogP contribution in [-0.4, -0.2) is 4.57 Å². The lowest BCUT2D eigenvalue weighted by Gasteiger charge is -2.34. The molecule has 0 atom stereocenters. The summed E-state index contributed by atoms with van der Waals surface area (Å²) in [7, 11) is 0. The Labute approximate surface area is 475 Å². The van der Waals surface area contributed by atoms with Crippen LogP contribution in [0.3, 0.4) is 0 Å². The van der Waals surface area contributed by atoms with Crippen LogP contribution in [-0.2, 0) is 5.41 Å². The van der Waals surface area contributed by atoms with E-state index in [2.05, 4.69) is 313 Å². The maximum atomic E-state index is 7.14. The second kappa shape index (κ2) is 18.2. The summed E-state index contributed by atoms with van der Waals surface area (Å²) in [5.41, 5.74) is 27.0. The first-order valence-corrected chi connectivity index (χ1v) is 28.3. The van der Waals surface area contributed by atoms with Crippen LogP contribution < -0.4 is 4.90 Å². The van der Waals surface area contributed by atoms with Crippen molar-refractivity contribution in [1.82, 2.24) is 4.57 Å². The smallest absolute Gasteiger partial charge is 0.137 e. The van der Waals surface area contributed by atoms with E-state index in [-0.39, 0.29) is 0 Å². The fraction of sp³-hybridized carbons (Fsp3) is 0.0127. The SMILES string of the molecule is c1ccc(-c2ccc(N(c3cccc4c3-c3ccccc3C43c4ccccc4-c4ccccc43)c3c(-c4ccccc4)ccc4oc5ccc(-c6ccc7c(c6)c6ccccc6n7-c6ccccc6)cc5c34)c(-c3ccccc3)c2)cc1. The molecule has 0 N–H and O–H groups in total. The Morgan fingerprint density at radius 3 is 1.51 bits per heavy atom. The van der Waals surface area contributed by atoms with Crippen LogP contribution in [0.25, 0.3) is 116 Å². The van der Waals surface area contributed by atoms with E-state index >= 15 is 0 Å². The van der Waals surface area contributed by atoms with Crippen molar-refractivity contribution in [3.8, 4) is 72.4 Å². The van der Waals surface area contributed by atoms with Crippen molar-refractivity contribution in [1.29, 1.82) is 0 Å². The van der Waals surface area contributed by atoms with Crippen LogP contribution in [0.5, 0.6) is 0 Å². The predicted molar refractivity (Wildman–Crippen MR) is 341 cm³/mol. The Morgan fingerprint density at radius 2 is 0.805 bits per heavy atom. The Kier molecular flexibility index (Phi) is 10.2. The first-order valence-electron chi connectivity index (χ1n) is 28.3. The molecule has 0 amide bonds. The molecule has 0 aliphatic heterocycles. The molecule has 0 unspecified atom stereocenters. The van der Waals surface area contributed by atoms with Gasteiger partial charge in [-0.05, 0) is 145 Å². The Bertz CT molecular complexity index is 4990. The van der Waals surface area contributed by atoms with Gasteiger partial charge in [0.25, 0.3) is 0 Å². The molecule has 2 aliphatic carbocycles. The number of hydrogen-bond acceptors (Lipinski definition) is 2. The van der Waals surface area contributed by atoms with E-state index in [4.69, 9.17) is 4.42 Å². The number of hydrogen-bond donors (Lipinski definition) is 0. The van der Waals surface area contributed by atoms with E-state index in [1.54, 1.807) is 0 Å². The number of benzene rings is 13. The summed E-state index contributed by atoms with van der Waals surface area (Å²) in [5.74, 6) is 0. The van der Waals surface area contributed by atoms with Crippen LogP contribution in [0.15, 0.2) is 308 Å². The van der Waals surface area contributed by atoms with Gasteiger partial charge in [-0.25, -0.2) is 0 Å². The van der Waals surface area contributed by atoms with Crippen LogP contribution in [0.2, 0.25) is 0 Å². The van der Waals surface area contributed by atoms with Gasteiger partial charge in [0.05, 0.1) is 38.9 Å². The van der Waals surface area contributed by atoms with E-state index in [0.717, 1.165) is 89.2 Å². The predicted octanol–water partition coefficient (Wildman–Crippen LogP) is 21.2. The highest BCUT2D eigenvalue weighted by Crippen LogP contribution is 2.65. The highest BCUT2D eigenvalue weighted by Gasteiger charge is 2.52. The van der Waals surface area contributed by atoms with Gasteiger partial charge < -0.3 is 13.9 Å². The minimum atomic E-state index is -0.555. The molecule has 13 aromatic carbocycles. The van der Waals surface area contributed by atoms with Gasteiger partial charge in [0.15, 0.2) is 0 Å². The Balaban J connectivity index is 0.987. The monoisotopic (exact) mass is 1040 g/mol. The lowest BCUT2D eigenvalue weighted by Crippen LogP contribution is -2.26. The van der Waals surface area contributed by atoms with Crippen molar-refractivity contribution in [3.63, 3.8) is 0 Å². The molecule has 0 fully saturated rings. The van der Waals surface area contributed by atoms with E-state index in [0.29, 0.717) is 0 Å². The molecular weight excluding hydrogens is 993 g/mol. The molecule has 15 aromatic rings. The minimum Gasteiger partial charge on any atom is -0.456 e. The molecule has 0 radical (unpaired) electrons. The Morgan fingerprint density at radius 1 is 0.293 bits per heavy atom. The lowest BCUT2D eigenvalue weighted by atomic mass is 9.70. The fourth-order valence-electron chi connectivity index (χ4n) is 14.2. The van der Waals surface area contributed by atoms with Crippen LogP contribution in [0, 0.1) is 0 Å². The van der Waals surface area contributed by atoms with E-state index in [1.165, 1.54) is 66.3 Å². The number of para-hydroxylation sites is 2. The fourth-order valence-corrected chi connectivity index (χ4v) is 14.2. The van der Waals surface area contributed by atoms with Crippen LogP contribution in [0.4, 0.5) is 17.1 Å². The molecular formula is C79H50N2O. The van der Waals surface area contributed by atoms with Crippen LogP contribution >= 0.6 is 0 Å². The van der Waals surface area contributed by atoms with Crippen molar-refractivity contribution < 1.29 is 4.42 Å². The van der Waals surface area contributed by atoms with Gasteiger partial charge >= 0.3 is 0 Å². The van der Waals surface area contributed by atoms with Crippen molar-refractivity contribution in [3.05, 3.63) is 326 Å². The molecule has 2 heterocycles. The summed E-state index contributed by atoms with van der Waals surface area (Å²) in [6, 6.07) is 112. The van der Waals surface area contributed by atoms with Gasteiger partial charge in [0, 0.05) is 38.5 Å². The minimum absolute atomic E-state index is 0.555. The average Bonchev–Trinajstić information content (AvgIpc) is 1.67. The lowest BCUT2D eigenvalue weighted by molar-refractivity contribution is 0.669. The third-order valence-corrected chi connectivity index (χ3v) is 17.6. The van der Waals surface area contributed by atoms with Gasteiger partial charge in [-0.2, -0.15) is 0 Å². The van der Waals surface area contributed by atoms with Crippen molar-refractivity contribution in [2.75, 3.05) is 4.90 Å². The summed E-state index contributed by atoms with van der Waals surface area (Å²) in [4.78, 5) is 2.61. The molecule has 82 heavy (non-hydrogen) atoms. The molecule has 3 heteroatoms. The highest BCUT2D eigenvalue weighted by atomic mass is 16.3. The van der Waals surface area contributed by atoms with Crippen molar-refractivity contribution in [2.45, 2.75) is 5.41 Å². The molecule has 2 aliphatic rings. The zero-order valence-electron chi connectivity index (χ0n) is 44.7. The maximum Gasteiger partial charge on any atom is 0.137 e. The number of rotatable bonds is 8. The number of fused-ring (bicyclic) bond motifs is 16. The summed E-state index contributed by atoms with van der Waals surface area (Å²) in [5, 5.41) is 4.52. The zero-order chi connectivity index (χ0) is 53.9. The van der Waals surface area contributed by atoms with E-state index < -0.39 is 5.41 Å². The van der Waals surface area contributed by atoms with Crippen LogP contribution in [0.1, 0.15) is 22.3 Å². The summed E-state index contributed by atoms with van der Waals surface area (Å²) >= 11 is 0. The van der Waals surface area contributed by atoms with Gasteiger partial charge in [0.1, 0.15) is 11.2 Å². The summed E-state index contributed by atoms with van der Waals surface area (Å²) in [6.45, 7) is 0. The number of furan rings is 1. The molecule has 0 saturated carbocycles. The molecule has 3 nitrogen and oxygen atoms in total. The summed E-state index contributed by atoms with van der Waals surface area (Å²) < 4.78 is 9.52. The highest BCUT2D eigenvalue weighted by molar-refractivity contribution is 6.20. The standard InChI is InChI=1S/C79H50N2O/c1-5-22-51(23-6-1)54-40-44-71(63(48-54)53-26-9-3-10-27-53)81(73-39-21-37-69-76(73)62-33-15-19-36-68(62)79(69)66-34-17-13-30-59(66)60-31-14-18-35-67(60)79)78-58(52-24-7-2-8-25-52)43-47-75-77(78)65-50-56(42-46-74(65)82-75)55-41-45-72-64(49-55)61-32-16-20-38-70(61)80(72)57-28-11-4-12-29-57/h1-50H. The maximum absolute atomic E-state index is 7.14. The molecule has 382 valence electrons. The van der Waals surface area contributed by atoms with Gasteiger partial charge in [0.2, 0.25) is 0 Å². The zero-order valence-corrected chi connectivity index (χ0v) is 44.7. The summed E-state index contributed by atoms with van der Waals surface area (Å²) in [6.07, 6.45) is 0. The molecule has 1 spiro atoms. The number of nitrogens with zero attached hydrogens (tertiary/aromatic N) is 2. The van der Waals surface area contributed by atoms with Gasteiger partial charge in [-0.3, -0.25) is 0 Å². The topological polar surface area (TPSA) is 21.3 Å². The third-order valence-electron chi connectivity index (χ3n) is 17.6. The van der Waals surface area contributed by atoms with Crippen molar-refractivity contribution in [2.24, 2.45) is 0 Å². The quantitative estimate of drug-likeness (QED) is 0.151. The second-order valence-corrected chi connectivity index (χ2v) is 21.8. The Hall–Kier alpha value is -10.7. The molecule has 0 bridgehead atoms. The first kappa shape index (κ1) is 46.2. The first-order chi connectivity index (χ1) is 40.7. The molecule has 0 saturated heterocycles. The second-order valence-electron chi connectivity index (χ2n) is 21.8. The molecule has 2 aromatic heterocycles. The molecule has 17 rings (SSSR count). The number of aromatic nitrogens is 1. The number of anilines is 3. The average molecular weight is 1040 g/mol. The largest absolute Gasteiger partial charge is 0.456 e. The normalized spacial score (nSPS) is 12.7. The van der Waals surface area contributed by atoms with E-state index in [1.807, 2.05) is 0 Å². The van der Waals surface area contributed by atoms with Gasteiger partial charge in [-0.1, -0.05) is 231 Å². The van der Waals surface area contributed by atoms with E-state index in [9.17, 15) is 0 Å². The van der Waals surface area contributed by atoms with Crippen molar-refractivity contribution >= 4 is 60.8 Å². The van der Waals surface area contributed by atoms with Gasteiger partial charge in [-0.15, -0.1) is 0 Å².